The van der Waals surface area contributed by atoms with E-state index in [-0.39, 0.29) is 0 Å². The van der Waals surface area contributed by atoms with Crippen molar-refractivity contribution < 1.29 is 29.5 Å². The number of benzene rings is 2. The number of hydrogen-bond donors (Lipinski definition) is 3. The van der Waals surface area contributed by atoms with E-state index < -0.39 is 17.2 Å². The summed E-state index contributed by atoms with van der Waals surface area (Å²) in [6.07, 6.45) is 0. The zero-order valence-electron chi connectivity index (χ0n) is 12.9. The average Bonchev–Trinajstić information content (AvgIpc) is 2.56. The van der Waals surface area contributed by atoms with Crippen LogP contribution in [0.2, 0.25) is 0 Å². The molecule has 0 atom stereocenters. The largest absolute Gasteiger partial charge is 0.504 e. The second-order valence-corrected chi connectivity index (χ2v) is 4.53. The zero-order valence-corrected chi connectivity index (χ0v) is 12.9. The van der Waals surface area contributed by atoms with E-state index in [1.807, 2.05) is 0 Å². The molecule has 3 N–H and O–H groups in total. The number of phenolic OH excluding ortho intramolecular Hbond substituents is 3. The molecular weight excluding hydrogens is 300 g/mol. The van der Waals surface area contributed by atoms with E-state index in [0.717, 1.165) is 0 Å². The molecule has 0 spiro atoms. The van der Waals surface area contributed by atoms with Gasteiger partial charge in [0.2, 0.25) is 5.75 Å². The first kappa shape index (κ1) is 16.2. The minimum absolute atomic E-state index is 0.339. The molecule has 0 aliphatic heterocycles. The molecule has 23 heavy (non-hydrogen) atoms. The highest BCUT2D eigenvalue weighted by atomic mass is 16.5. The van der Waals surface area contributed by atoms with Crippen LogP contribution in [0.4, 0.5) is 0 Å². The average molecular weight is 316 g/mol. The smallest absolute Gasteiger partial charge is 0.203 e. The SMILES string of the molecule is COc1cc(C#Cc2cc(O)c(O)c(O)c2)cc(OC)c1OC. The van der Waals surface area contributed by atoms with Crippen LogP contribution in [0.3, 0.4) is 0 Å². The number of methoxy groups -OCH3 is 3. The summed E-state index contributed by atoms with van der Waals surface area (Å²) in [5.74, 6) is 5.56. The van der Waals surface area contributed by atoms with E-state index in [1.54, 1.807) is 12.1 Å². The van der Waals surface area contributed by atoms with Crippen LogP contribution in [0.25, 0.3) is 0 Å². The van der Waals surface area contributed by atoms with Gasteiger partial charge in [-0.1, -0.05) is 11.8 Å². The summed E-state index contributed by atoms with van der Waals surface area (Å²) in [5, 5.41) is 28.3. The highest BCUT2D eigenvalue weighted by Crippen LogP contribution is 2.38. The van der Waals surface area contributed by atoms with E-state index in [9.17, 15) is 15.3 Å². The number of aromatic hydroxyl groups is 3. The van der Waals surface area contributed by atoms with Crippen molar-refractivity contribution in [2.24, 2.45) is 0 Å². The fourth-order valence-corrected chi connectivity index (χ4v) is 1.97. The lowest BCUT2D eigenvalue weighted by molar-refractivity contribution is 0.324. The van der Waals surface area contributed by atoms with Crippen molar-refractivity contribution in [3.8, 4) is 46.3 Å². The van der Waals surface area contributed by atoms with Gasteiger partial charge in [-0.15, -0.1) is 0 Å². The lowest BCUT2D eigenvalue weighted by Crippen LogP contribution is -1.95. The Morgan fingerprint density at radius 3 is 1.52 bits per heavy atom. The first-order valence-electron chi connectivity index (χ1n) is 6.57. The normalized spacial score (nSPS) is 9.70. The molecule has 0 aliphatic rings. The Kier molecular flexibility index (Phi) is 4.72. The van der Waals surface area contributed by atoms with Gasteiger partial charge in [-0.3, -0.25) is 0 Å². The third kappa shape index (κ3) is 3.35. The molecule has 0 saturated heterocycles. The Balaban J connectivity index is 2.45. The van der Waals surface area contributed by atoms with Gasteiger partial charge >= 0.3 is 0 Å². The van der Waals surface area contributed by atoms with E-state index in [1.165, 1.54) is 33.5 Å². The summed E-state index contributed by atoms with van der Waals surface area (Å²) in [5.41, 5.74) is 0.929. The summed E-state index contributed by atoms with van der Waals surface area (Å²) < 4.78 is 15.7. The van der Waals surface area contributed by atoms with Gasteiger partial charge in [0.15, 0.2) is 28.7 Å². The Morgan fingerprint density at radius 2 is 1.13 bits per heavy atom. The Morgan fingerprint density at radius 1 is 0.696 bits per heavy atom. The van der Waals surface area contributed by atoms with Crippen LogP contribution in [0.5, 0.6) is 34.5 Å². The molecule has 0 saturated carbocycles. The molecular formula is C17H16O6. The minimum atomic E-state index is -0.580. The Labute approximate surface area is 133 Å². The summed E-state index contributed by atoms with van der Waals surface area (Å²) in [7, 11) is 4.52. The molecule has 0 amide bonds. The molecule has 120 valence electrons. The second-order valence-electron chi connectivity index (χ2n) is 4.53. The van der Waals surface area contributed by atoms with Crippen molar-refractivity contribution in [3.05, 3.63) is 35.4 Å². The van der Waals surface area contributed by atoms with Crippen molar-refractivity contribution in [2.45, 2.75) is 0 Å². The second kappa shape index (κ2) is 6.71. The van der Waals surface area contributed by atoms with Crippen LogP contribution < -0.4 is 14.2 Å². The molecule has 0 heterocycles. The lowest BCUT2D eigenvalue weighted by Gasteiger charge is -2.12. The van der Waals surface area contributed by atoms with Gasteiger partial charge in [-0.05, 0) is 24.3 Å². The molecule has 2 aromatic rings. The first-order chi connectivity index (χ1) is 11.0. The number of rotatable bonds is 3. The van der Waals surface area contributed by atoms with Crippen LogP contribution in [0.1, 0.15) is 11.1 Å². The number of hydrogen-bond acceptors (Lipinski definition) is 6. The minimum Gasteiger partial charge on any atom is -0.504 e. The van der Waals surface area contributed by atoms with Gasteiger partial charge in [0.25, 0.3) is 0 Å². The summed E-state index contributed by atoms with van der Waals surface area (Å²) >= 11 is 0. The van der Waals surface area contributed by atoms with Crippen molar-refractivity contribution in [1.82, 2.24) is 0 Å². The van der Waals surface area contributed by atoms with Crippen LogP contribution in [-0.4, -0.2) is 36.6 Å². The van der Waals surface area contributed by atoms with E-state index in [4.69, 9.17) is 14.2 Å². The highest BCUT2D eigenvalue weighted by Gasteiger charge is 2.12. The van der Waals surface area contributed by atoms with Crippen molar-refractivity contribution in [1.29, 1.82) is 0 Å². The number of phenols is 3. The molecule has 0 radical (unpaired) electrons. The van der Waals surface area contributed by atoms with Gasteiger partial charge in [-0.25, -0.2) is 0 Å². The van der Waals surface area contributed by atoms with Crippen molar-refractivity contribution in [2.75, 3.05) is 21.3 Å². The molecule has 0 unspecified atom stereocenters. The fraction of sp³-hybridized carbons (Fsp3) is 0.176. The molecule has 0 aromatic heterocycles. The Hall–Kier alpha value is -3.20. The monoisotopic (exact) mass is 316 g/mol. The quantitative estimate of drug-likeness (QED) is 0.594. The van der Waals surface area contributed by atoms with Crippen molar-refractivity contribution >= 4 is 0 Å². The van der Waals surface area contributed by atoms with E-state index >= 15 is 0 Å². The summed E-state index contributed by atoms with van der Waals surface area (Å²) in [6, 6.07) is 5.85. The van der Waals surface area contributed by atoms with Gasteiger partial charge in [0.05, 0.1) is 21.3 Å². The van der Waals surface area contributed by atoms with Gasteiger partial charge in [0, 0.05) is 11.1 Å². The van der Waals surface area contributed by atoms with Crippen LogP contribution >= 0.6 is 0 Å². The topological polar surface area (TPSA) is 88.4 Å². The molecule has 2 aromatic carbocycles. The molecule has 6 nitrogen and oxygen atoms in total. The summed E-state index contributed by atoms with van der Waals surface area (Å²) in [6.45, 7) is 0. The maximum atomic E-state index is 9.48. The van der Waals surface area contributed by atoms with Crippen LogP contribution in [-0.2, 0) is 0 Å². The third-order valence-electron chi connectivity index (χ3n) is 3.09. The zero-order chi connectivity index (χ0) is 17.0. The third-order valence-corrected chi connectivity index (χ3v) is 3.09. The van der Waals surface area contributed by atoms with Gasteiger partial charge < -0.3 is 29.5 Å². The standard InChI is InChI=1S/C17H16O6/c1-21-14-8-11(9-15(22-2)17(14)23-3)5-4-10-6-12(18)16(20)13(19)7-10/h6-9,18-20H,1-3H3. The van der Waals surface area contributed by atoms with E-state index in [2.05, 4.69) is 11.8 Å². The van der Waals surface area contributed by atoms with Crippen molar-refractivity contribution in [3.63, 3.8) is 0 Å². The Bertz CT molecular complexity index is 737. The van der Waals surface area contributed by atoms with Gasteiger partial charge in [-0.2, -0.15) is 0 Å². The first-order valence-corrected chi connectivity index (χ1v) is 6.57. The predicted molar refractivity (Wildman–Crippen MR) is 83.5 cm³/mol. The molecule has 0 aliphatic carbocycles. The molecule has 6 heteroatoms. The fourth-order valence-electron chi connectivity index (χ4n) is 1.97. The predicted octanol–water partition coefficient (Wildman–Crippen LogP) is 2.23. The molecule has 0 bridgehead atoms. The van der Waals surface area contributed by atoms with Crippen LogP contribution in [0.15, 0.2) is 24.3 Å². The highest BCUT2D eigenvalue weighted by molar-refractivity contribution is 5.60. The lowest BCUT2D eigenvalue weighted by atomic mass is 10.1. The van der Waals surface area contributed by atoms with Gasteiger partial charge in [0.1, 0.15) is 0 Å². The maximum absolute atomic E-state index is 9.48. The van der Waals surface area contributed by atoms with E-state index in [0.29, 0.717) is 28.4 Å². The summed E-state index contributed by atoms with van der Waals surface area (Å²) in [4.78, 5) is 0. The molecule has 2 rings (SSSR count). The maximum Gasteiger partial charge on any atom is 0.203 e. The van der Waals surface area contributed by atoms with Crippen LogP contribution in [0, 0.1) is 11.8 Å². The number of ether oxygens (including phenoxy) is 3. The molecule has 0 fully saturated rings.